The molecule has 0 heterocycles. The summed E-state index contributed by atoms with van der Waals surface area (Å²) in [6.07, 6.45) is 0. The summed E-state index contributed by atoms with van der Waals surface area (Å²) >= 11 is 0. The van der Waals surface area contributed by atoms with Gasteiger partial charge in [-0.25, -0.2) is 0 Å². The van der Waals surface area contributed by atoms with Crippen LogP contribution in [-0.2, 0) is 5.41 Å². The molecule has 1 aliphatic rings. The van der Waals surface area contributed by atoms with Crippen molar-refractivity contribution >= 4 is 0 Å². The van der Waals surface area contributed by atoms with Crippen LogP contribution >= 0.6 is 0 Å². The molecule has 0 radical (unpaired) electrons. The van der Waals surface area contributed by atoms with Crippen molar-refractivity contribution in [1.82, 2.24) is 0 Å². The fourth-order valence-corrected chi connectivity index (χ4v) is 4.58. The quantitative estimate of drug-likeness (QED) is 0.441. The van der Waals surface area contributed by atoms with Gasteiger partial charge in [0.15, 0.2) is 0 Å². The fraction of sp³-hybridized carbons (Fsp3) is 0.0769. The predicted molar refractivity (Wildman–Crippen MR) is 112 cm³/mol. The predicted octanol–water partition coefficient (Wildman–Crippen LogP) is 5.76. The molecule has 0 unspecified atom stereocenters. The third kappa shape index (κ3) is 2.21. The second-order valence-corrected chi connectivity index (χ2v) is 7.12. The smallest absolute Gasteiger partial charge is 0.118 e. The van der Waals surface area contributed by atoms with Crippen LogP contribution in [0.25, 0.3) is 11.1 Å². The summed E-state index contributed by atoms with van der Waals surface area (Å²) in [5.74, 6) is 1.11. The first kappa shape index (κ1) is 16.6. The summed E-state index contributed by atoms with van der Waals surface area (Å²) < 4.78 is 5.39. The molecule has 0 bridgehead atoms. The van der Waals surface area contributed by atoms with Gasteiger partial charge in [-0.15, -0.1) is 0 Å². The SMILES string of the molecule is COc1ccc(C2(c3ccc(O)cc3)c3ccccc3-c3ccccc32)cc1. The van der Waals surface area contributed by atoms with Crippen molar-refractivity contribution in [2.45, 2.75) is 5.41 Å². The van der Waals surface area contributed by atoms with Gasteiger partial charge in [0.25, 0.3) is 0 Å². The molecule has 0 amide bonds. The molecule has 2 heteroatoms. The lowest BCUT2D eigenvalue weighted by Crippen LogP contribution is -2.28. The highest BCUT2D eigenvalue weighted by Crippen LogP contribution is 2.56. The molecule has 0 aromatic heterocycles. The van der Waals surface area contributed by atoms with E-state index in [0.717, 1.165) is 11.3 Å². The van der Waals surface area contributed by atoms with Crippen molar-refractivity contribution in [2.24, 2.45) is 0 Å². The zero-order valence-electron chi connectivity index (χ0n) is 15.6. The molecule has 0 aliphatic heterocycles. The van der Waals surface area contributed by atoms with Gasteiger partial charge in [-0.1, -0.05) is 72.8 Å². The minimum atomic E-state index is -0.437. The topological polar surface area (TPSA) is 29.5 Å². The monoisotopic (exact) mass is 364 g/mol. The highest BCUT2D eigenvalue weighted by molar-refractivity contribution is 5.86. The van der Waals surface area contributed by atoms with E-state index in [4.69, 9.17) is 4.74 Å². The molecule has 5 rings (SSSR count). The maximum Gasteiger partial charge on any atom is 0.118 e. The second-order valence-electron chi connectivity index (χ2n) is 7.12. The molecule has 0 saturated carbocycles. The van der Waals surface area contributed by atoms with E-state index in [9.17, 15) is 5.11 Å². The number of benzene rings is 4. The van der Waals surface area contributed by atoms with Crippen molar-refractivity contribution in [3.8, 4) is 22.6 Å². The van der Waals surface area contributed by atoms with Crippen molar-refractivity contribution in [3.63, 3.8) is 0 Å². The molecule has 1 N–H and O–H groups in total. The zero-order valence-corrected chi connectivity index (χ0v) is 15.6. The summed E-state index contributed by atoms with van der Waals surface area (Å²) in [4.78, 5) is 0. The van der Waals surface area contributed by atoms with E-state index < -0.39 is 5.41 Å². The molecule has 0 saturated heterocycles. The van der Waals surface area contributed by atoms with Gasteiger partial charge in [-0.3, -0.25) is 0 Å². The summed E-state index contributed by atoms with van der Waals surface area (Å²) in [5.41, 5.74) is 6.89. The van der Waals surface area contributed by atoms with Gasteiger partial charge in [0, 0.05) is 0 Å². The zero-order chi connectivity index (χ0) is 19.1. The van der Waals surface area contributed by atoms with Gasteiger partial charge in [0.1, 0.15) is 11.5 Å². The van der Waals surface area contributed by atoms with E-state index in [1.165, 1.54) is 27.8 Å². The average Bonchev–Trinajstić information content (AvgIpc) is 3.06. The standard InChI is InChI=1S/C26H20O2/c1-28-21-16-12-19(13-17-21)26(18-10-14-20(27)15-11-18)24-8-4-2-6-22(24)23-7-3-5-9-25(23)26/h2-17,27H,1H3. The number of rotatable bonds is 3. The van der Waals surface area contributed by atoms with Gasteiger partial charge in [0.2, 0.25) is 0 Å². The van der Waals surface area contributed by atoms with E-state index >= 15 is 0 Å². The molecule has 136 valence electrons. The van der Waals surface area contributed by atoms with E-state index in [0.29, 0.717) is 0 Å². The Morgan fingerprint density at radius 3 is 1.57 bits per heavy atom. The van der Waals surface area contributed by atoms with Crippen LogP contribution in [0.2, 0.25) is 0 Å². The summed E-state index contributed by atoms with van der Waals surface area (Å²) in [7, 11) is 1.69. The molecular formula is C26H20O2. The van der Waals surface area contributed by atoms with Crippen LogP contribution in [0.4, 0.5) is 0 Å². The van der Waals surface area contributed by atoms with Crippen LogP contribution in [0.3, 0.4) is 0 Å². The Kier molecular flexibility index (Phi) is 3.73. The van der Waals surface area contributed by atoms with Gasteiger partial charge < -0.3 is 9.84 Å². The Morgan fingerprint density at radius 2 is 1.07 bits per heavy atom. The van der Waals surface area contributed by atoms with Crippen molar-refractivity contribution in [2.75, 3.05) is 7.11 Å². The third-order valence-corrected chi connectivity index (χ3v) is 5.78. The molecule has 0 fully saturated rings. The number of methoxy groups -OCH3 is 1. The van der Waals surface area contributed by atoms with E-state index in [1.54, 1.807) is 19.2 Å². The molecule has 4 aromatic rings. The number of phenols is 1. The van der Waals surface area contributed by atoms with Crippen LogP contribution in [0.15, 0.2) is 97.1 Å². The van der Waals surface area contributed by atoms with Crippen LogP contribution in [0.1, 0.15) is 22.3 Å². The Balaban J connectivity index is 1.91. The fourth-order valence-electron chi connectivity index (χ4n) is 4.58. The van der Waals surface area contributed by atoms with Crippen LogP contribution in [0.5, 0.6) is 11.5 Å². The van der Waals surface area contributed by atoms with Gasteiger partial charge in [-0.2, -0.15) is 0 Å². The summed E-state index contributed by atoms with van der Waals surface area (Å²) in [6.45, 7) is 0. The highest BCUT2D eigenvalue weighted by Gasteiger charge is 2.45. The number of fused-ring (bicyclic) bond motifs is 3. The van der Waals surface area contributed by atoms with Gasteiger partial charge in [0.05, 0.1) is 12.5 Å². The van der Waals surface area contributed by atoms with Crippen LogP contribution < -0.4 is 4.74 Å². The van der Waals surface area contributed by atoms with Gasteiger partial charge in [-0.05, 0) is 57.6 Å². The lowest BCUT2D eigenvalue weighted by atomic mass is 9.68. The number of hydrogen-bond donors (Lipinski definition) is 1. The molecular weight excluding hydrogens is 344 g/mol. The molecule has 2 nitrogen and oxygen atoms in total. The molecule has 1 aliphatic carbocycles. The third-order valence-electron chi connectivity index (χ3n) is 5.78. The largest absolute Gasteiger partial charge is 0.508 e. The average molecular weight is 364 g/mol. The summed E-state index contributed by atoms with van der Waals surface area (Å²) in [5, 5.41) is 9.90. The Bertz CT molecular complexity index is 1100. The van der Waals surface area contributed by atoms with Crippen LogP contribution in [-0.4, -0.2) is 12.2 Å². The minimum absolute atomic E-state index is 0.271. The number of aromatic hydroxyl groups is 1. The number of hydrogen-bond acceptors (Lipinski definition) is 2. The Labute approximate surface area is 164 Å². The number of ether oxygens (including phenoxy) is 1. The molecule has 0 atom stereocenters. The first-order chi connectivity index (χ1) is 13.7. The number of phenolic OH excluding ortho intramolecular Hbond substituents is 1. The lowest BCUT2D eigenvalue weighted by Gasteiger charge is -2.34. The summed E-state index contributed by atoms with van der Waals surface area (Å²) in [6, 6.07) is 33.1. The van der Waals surface area contributed by atoms with Crippen molar-refractivity contribution < 1.29 is 9.84 Å². The molecule has 28 heavy (non-hydrogen) atoms. The minimum Gasteiger partial charge on any atom is -0.508 e. The maximum absolute atomic E-state index is 9.90. The Morgan fingerprint density at radius 1 is 0.607 bits per heavy atom. The second kappa shape index (κ2) is 6.28. The van der Waals surface area contributed by atoms with Crippen molar-refractivity contribution in [1.29, 1.82) is 0 Å². The van der Waals surface area contributed by atoms with Crippen LogP contribution in [0, 0.1) is 0 Å². The first-order valence-electron chi connectivity index (χ1n) is 9.38. The lowest BCUT2D eigenvalue weighted by molar-refractivity contribution is 0.414. The Hall–Kier alpha value is -3.52. The van der Waals surface area contributed by atoms with E-state index in [-0.39, 0.29) is 5.75 Å². The molecule has 0 spiro atoms. The van der Waals surface area contributed by atoms with Crippen molar-refractivity contribution in [3.05, 3.63) is 119 Å². The normalized spacial score (nSPS) is 13.6. The maximum atomic E-state index is 9.90. The molecule has 4 aromatic carbocycles. The first-order valence-corrected chi connectivity index (χ1v) is 9.38. The van der Waals surface area contributed by atoms with Gasteiger partial charge >= 0.3 is 0 Å². The highest BCUT2D eigenvalue weighted by atomic mass is 16.5. The van der Waals surface area contributed by atoms with E-state index in [2.05, 4.69) is 60.7 Å². The van der Waals surface area contributed by atoms with E-state index in [1.807, 2.05) is 24.3 Å².